The van der Waals surface area contributed by atoms with Crippen molar-refractivity contribution < 1.29 is 14.8 Å². The van der Waals surface area contributed by atoms with E-state index in [-0.39, 0.29) is 24.7 Å². The van der Waals surface area contributed by atoms with Crippen molar-refractivity contribution in [3.63, 3.8) is 0 Å². The van der Waals surface area contributed by atoms with Crippen molar-refractivity contribution in [3.8, 4) is 0 Å². The molecule has 0 unspecified atom stereocenters. The van der Waals surface area contributed by atoms with E-state index < -0.39 is 10.9 Å². The van der Waals surface area contributed by atoms with Crippen LogP contribution in [0.3, 0.4) is 0 Å². The lowest BCUT2D eigenvalue weighted by Crippen LogP contribution is -2.31. The number of anilines is 1. The number of hydrogen-bond acceptors (Lipinski definition) is 5. The van der Waals surface area contributed by atoms with Gasteiger partial charge in [-0.1, -0.05) is 0 Å². The predicted molar refractivity (Wildman–Crippen MR) is 71.9 cm³/mol. The minimum atomic E-state index is -0.905. The number of hydrogen-bond donors (Lipinski definition) is 1. The third-order valence-electron chi connectivity index (χ3n) is 3.38. The molecule has 20 heavy (non-hydrogen) atoms. The zero-order chi connectivity index (χ0) is 14.9. The molecule has 1 fully saturated rings. The molecule has 8 nitrogen and oxygen atoms in total. The van der Waals surface area contributed by atoms with E-state index in [4.69, 9.17) is 5.11 Å². The summed E-state index contributed by atoms with van der Waals surface area (Å²) in [5.74, 6) is -0.462. The fourth-order valence-corrected chi connectivity index (χ4v) is 2.34. The van der Waals surface area contributed by atoms with Crippen molar-refractivity contribution in [2.24, 2.45) is 0 Å². The van der Waals surface area contributed by atoms with Gasteiger partial charge in [0.15, 0.2) is 0 Å². The van der Waals surface area contributed by atoms with Crippen LogP contribution in [0.4, 0.5) is 11.5 Å². The van der Waals surface area contributed by atoms with E-state index in [0.29, 0.717) is 18.1 Å². The first-order valence-electron chi connectivity index (χ1n) is 6.66. The third-order valence-corrected chi connectivity index (χ3v) is 3.38. The van der Waals surface area contributed by atoms with E-state index in [1.165, 1.54) is 0 Å². The van der Waals surface area contributed by atoms with Gasteiger partial charge < -0.3 is 10.0 Å². The predicted octanol–water partition coefficient (Wildman–Crippen LogP) is 1.56. The van der Waals surface area contributed by atoms with E-state index in [9.17, 15) is 14.9 Å². The van der Waals surface area contributed by atoms with Crippen LogP contribution in [0.25, 0.3) is 0 Å². The van der Waals surface area contributed by atoms with Crippen molar-refractivity contribution in [2.45, 2.75) is 45.7 Å². The smallest absolute Gasteiger partial charge is 0.333 e. The highest BCUT2D eigenvalue weighted by molar-refractivity contribution is 5.69. The van der Waals surface area contributed by atoms with E-state index in [1.807, 2.05) is 11.8 Å². The number of carboxylic acids is 1. The van der Waals surface area contributed by atoms with Crippen LogP contribution in [0.15, 0.2) is 0 Å². The fourth-order valence-electron chi connectivity index (χ4n) is 2.34. The third kappa shape index (κ3) is 2.73. The number of rotatable bonds is 7. The molecule has 0 amide bonds. The topological polar surface area (TPSA) is 101 Å². The minimum absolute atomic E-state index is 0.0101. The molecule has 0 bridgehead atoms. The van der Waals surface area contributed by atoms with Gasteiger partial charge in [-0.2, -0.15) is 5.10 Å². The van der Waals surface area contributed by atoms with Gasteiger partial charge in [0.1, 0.15) is 5.69 Å². The first-order chi connectivity index (χ1) is 9.45. The van der Waals surface area contributed by atoms with Crippen LogP contribution >= 0.6 is 0 Å². The van der Waals surface area contributed by atoms with Crippen molar-refractivity contribution in [2.75, 3.05) is 11.4 Å². The summed E-state index contributed by atoms with van der Waals surface area (Å²) in [4.78, 5) is 23.4. The van der Waals surface area contributed by atoms with E-state index in [2.05, 4.69) is 5.10 Å². The van der Waals surface area contributed by atoms with Gasteiger partial charge in [0.25, 0.3) is 0 Å². The van der Waals surface area contributed by atoms with E-state index in [0.717, 1.165) is 12.8 Å². The fraction of sp³-hybridized carbons (Fsp3) is 0.667. The Hall–Kier alpha value is -2.12. The molecule has 0 saturated heterocycles. The van der Waals surface area contributed by atoms with Gasteiger partial charge in [0.2, 0.25) is 5.82 Å². The van der Waals surface area contributed by atoms with Crippen LogP contribution in [-0.4, -0.2) is 38.4 Å². The highest BCUT2D eigenvalue weighted by atomic mass is 16.6. The largest absolute Gasteiger partial charge is 0.481 e. The molecule has 2 rings (SSSR count). The van der Waals surface area contributed by atoms with Gasteiger partial charge in [-0.3, -0.25) is 14.9 Å². The number of carboxylic acid groups (broad SMARTS) is 1. The van der Waals surface area contributed by atoms with Crippen LogP contribution in [0.2, 0.25) is 0 Å². The van der Waals surface area contributed by atoms with Crippen molar-refractivity contribution in [1.82, 2.24) is 9.78 Å². The molecule has 0 aromatic carbocycles. The maximum Gasteiger partial charge on any atom is 0.333 e. The molecule has 1 aliphatic rings. The molecule has 1 aliphatic carbocycles. The normalized spacial score (nSPS) is 14.3. The first-order valence-corrected chi connectivity index (χ1v) is 6.66. The van der Waals surface area contributed by atoms with Crippen LogP contribution < -0.4 is 4.90 Å². The second-order valence-corrected chi connectivity index (χ2v) is 4.90. The first kappa shape index (κ1) is 14.3. The van der Waals surface area contributed by atoms with Gasteiger partial charge in [-0.25, -0.2) is 4.68 Å². The van der Waals surface area contributed by atoms with Gasteiger partial charge in [-0.05, 0) is 26.7 Å². The SMILES string of the molecule is CCn1nc(C)c([N+](=O)[O-])c1N(CCC(=O)O)C1CC1. The molecule has 1 heterocycles. The standard InChI is InChI=1S/C12H18N4O4/c1-3-15-12(11(16(19)20)8(2)13-15)14(9-4-5-9)7-6-10(17)18/h9H,3-7H2,1-2H3,(H,17,18). The Bertz CT molecular complexity index is 536. The average molecular weight is 282 g/mol. The average Bonchev–Trinajstić information content (AvgIpc) is 3.13. The van der Waals surface area contributed by atoms with Gasteiger partial charge in [0, 0.05) is 19.1 Å². The Morgan fingerprint density at radius 1 is 1.60 bits per heavy atom. The Morgan fingerprint density at radius 3 is 2.70 bits per heavy atom. The Morgan fingerprint density at radius 2 is 2.25 bits per heavy atom. The summed E-state index contributed by atoms with van der Waals surface area (Å²) in [6.07, 6.45) is 1.83. The molecule has 1 N–H and O–H groups in total. The van der Waals surface area contributed by atoms with Crippen LogP contribution in [0, 0.1) is 17.0 Å². The summed E-state index contributed by atoms with van der Waals surface area (Å²) in [5.41, 5.74) is 0.358. The molecule has 110 valence electrons. The molecular formula is C12H18N4O4. The molecule has 0 atom stereocenters. The Kier molecular flexibility index (Phi) is 3.91. The monoisotopic (exact) mass is 282 g/mol. The number of carbonyl (C=O) groups is 1. The number of aliphatic carboxylic acids is 1. The van der Waals surface area contributed by atoms with Crippen molar-refractivity contribution in [1.29, 1.82) is 0 Å². The van der Waals surface area contributed by atoms with Gasteiger partial charge in [0.05, 0.1) is 11.3 Å². The second-order valence-electron chi connectivity index (χ2n) is 4.90. The highest BCUT2D eigenvalue weighted by Gasteiger charge is 2.37. The van der Waals surface area contributed by atoms with Crippen LogP contribution in [0.5, 0.6) is 0 Å². The highest BCUT2D eigenvalue weighted by Crippen LogP contribution is 2.38. The molecule has 1 saturated carbocycles. The molecule has 0 aliphatic heterocycles. The van der Waals surface area contributed by atoms with Crippen molar-refractivity contribution >= 4 is 17.5 Å². The molecule has 0 spiro atoms. The minimum Gasteiger partial charge on any atom is -0.481 e. The number of aryl methyl sites for hydroxylation is 2. The summed E-state index contributed by atoms with van der Waals surface area (Å²) >= 11 is 0. The van der Waals surface area contributed by atoms with Gasteiger partial charge >= 0.3 is 11.7 Å². The summed E-state index contributed by atoms with van der Waals surface area (Å²) < 4.78 is 1.59. The molecule has 1 aromatic rings. The molecule has 1 aromatic heterocycles. The number of nitrogens with zero attached hydrogens (tertiary/aromatic N) is 4. The summed E-state index contributed by atoms with van der Waals surface area (Å²) in [7, 11) is 0. The lowest BCUT2D eigenvalue weighted by atomic mass is 10.3. The zero-order valence-electron chi connectivity index (χ0n) is 11.6. The Balaban J connectivity index is 2.40. The molecular weight excluding hydrogens is 264 g/mol. The quantitative estimate of drug-likeness (QED) is 0.601. The van der Waals surface area contributed by atoms with E-state index in [1.54, 1.807) is 11.6 Å². The zero-order valence-corrected chi connectivity index (χ0v) is 11.6. The maximum atomic E-state index is 11.3. The lowest BCUT2D eigenvalue weighted by molar-refractivity contribution is -0.384. The van der Waals surface area contributed by atoms with E-state index >= 15 is 0 Å². The molecule has 0 radical (unpaired) electrons. The maximum absolute atomic E-state index is 11.3. The molecule has 8 heteroatoms. The van der Waals surface area contributed by atoms with Crippen LogP contribution in [-0.2, 0) is 11.3 Å². The number of nitro groups is 1. The van der Waals surface area contributed by atoms with Gasteiger partial charge in [-0.15, -0.1) is 0 Å². The van der Waals surface area contributed by atoms with Crippen LogP contribution in [0.1, 0.15) is 31.9 Å². The summed E-state index contributed by atoms with van der Waals surface area (Å²) in [5, 5.41) is 24.3. The second kappa shape index (κ2) is 5.48. The summed E-state index contributed by atoms with van der Waals surface area (Å²) in [6, 6.07) is 0.189. The Labute approximate surface area is 116 Å². The lowest BCUT2D eigenvalue weighted by Gasteiger charge is -2.23. The number of aromatic nitrogens is 2. The summed E-state index contributed by atoms with van der Waals surface area (Å²) in [6.45, 7) is 4.25. The van der Waals surface area contributed by atoms with Crippen molar-refractivity contribution in [3.05, 3.63) is 15.8 Å².